The zero-order valence-electron chi connectivity index (χ0n) is 13.2. The van der Waals surface area contributed by atoms with E-state index in [1.165, 1.54) is 30.2 Å². The number of unbranched alkanes of at least 4 members (excludes halogenated alkanes) is 1. The number of rotatable bonds is 5. The first kappa shape index (κ1) is 15.1. The lowest BCUT2D eigenvalue weighted by Gasteiger charge is -2.22. The van der Waals surface area contributed by atoms with E-state index in [1.807, 2.05) is 0 Å². The van der Waals surface area contributed by atoms with E-state index in [0.29, 0.717) is 30.2 Å². The molecule has 2 heterocycles. The Labute approximate surface area is 129 Å². The smallest absolute Gasteiger partial charge is 0.332 e. The molecular weight excluding hydrogens is 280 g/mol. The van der Waals surface area contributed by atoms with Gasteiger partial charge in [0.1, 0.15) is 5.52 Å². The Morgan fingerprint density at radius 2 is 2.00 bits per heavy atom. The van der Waals surface area contributed by atoms with E-state index in [9.17, 15) is 9.59 Å². The second-order valence-electron chi connectivity index (χ2n) is 6.31. The third-order valence-electron chi connectivity index (χ3n) is 4.70. The van der Waals surface area contributed by atoms with Crippen molar-refractivity contribution in [1.29, 1.82) is 0 Å². The van der Waals surface area contributed by atoms with Crippen LogP contribution in [0.1, 0.15) is 51.9 Å². The van der Waals surface area contributed by atoms with Gasteiger partial charge >= 0.3 is 5.69 Å². The molecule has 1 aliphatic carbocycles. The van der Waals surface area contributed by atoms with Gasteiger partial charge in [0, 0.05) is 13.1 Å². The second kappa shape index (κ2) is 6.50. The number of nitrogens with zero attached hydrogens (tertiary/aromatic N) is 3. The molecule has 1 fully saturated rings. The number of aromatic amines is 1. The minimum atomic E-state index is -0.226. The molecule has 2 aromatic rings. The number of aromatic nitrogens is 4. The van der Waals surface area contributed by atoms with E-state index >= 15 is 0 Å². The summed E-state index contributed by atoms with van der Waals surface area (Å²) in [6.07, 6.45) is 9.31. The third-order valence-corrected chi connectivity index (χ3v) is 4.70. The Bertz CT molecular complexity index is 750. The normalized spacial score (nSPS) is 16.4. The van der Waals surface area contributed by atoms with Crippen molar-refractivity contribution in [2.45, 2.75) is 65.0 Å². The average Bonchev–Trinajstić information content (AvgIpc) is 3.02. The number of hydrogen-bond donors (Lipinski definition) is 1. The van der Waals surface area contributed by atoms with Crippen molar-refractivity contribution in [1.82, 2.24) is 19.1 Å². The summed E-state index contributed by atoms with van der Waals surface area (Å²) in [4.78, 5) is 32.4. The lowest BCUT2D eigenvalue weighted by molar-refractivity contribution is 0.309. The van der Waals surface area contributed by atoms with Crippen LogP contribution in [-0.2, 0) is 13.1 Å². The highest BCUT2D eigenvalue weighted by Crippen LogP contribution is 2.24. The highest BCUT2D eigenvalue weighted by Gasteiger charge is 2.19. The monoisotopic (exact) mass is 304 g/mol. The van der Waals surface area contributed by atoms with Crippen molar-refractivity contribution in [3.05, 3.63) is 27.2 Å². The van der Waals surface area contributed by atoms with Gasteiger partial charge in [-0.1, -0.05) is 32.6 Å². The average molecular weight is 304 g/mol. The van der Waals surface area contributed by atoms with Crippen LogP contribution in [0.4, 0.5) is 0 Å². The molecular formula is C16H24N4O2. The SMILES string of the molecule is CCCCn1c(=O)n(CC2CCCCC2)c(=O)c2[nH]cnc21. The molecule has 2 aromatic heterocycles. The maximum absolute atomic E-state index is 12.8. The molecule has 0 aromatic carbocycles. The van der Waals surface area contributed by atoms with Crippen molar-refractivity contribution >= 4 is 11.2 Å². The number of imidazole rings is 1. The summed E-state index contributed by atoms with van der Waals surface area (Å²) >= 11 is 0. The molecule has 0 atom stereocenters. The van der Waals surface area contributed by atoms with Crippen LogP contribution in [0.3, 0.4) is 0 Å². The summed E-state index contributed by atoms with van der Waals surface area (Å²) in [6, 6.07) is 0. The molecule has 0 bridgehead atoms. The summed E-state index contributed by atoms with van der Waals surface area (Å²) in [5.41, 5.74) is 0.509. The summed E-state index contributed by atoms with van der Waals surface area (Å²) in [5.74, 6) is 0.444. The van der Waals surface area contributed by atoms with Gasteiger partial charge in [0.25, 0.3) is 5.56 Å². The summed E-state index contributed by atoms with van der Waals surface area (Å²) < 4.78 is 3.08. The number of aryl methyl sites for hydroxylation is 1. The van der Waals surface area contributed by atoms with Gasteiger partial charge in [-0.2, -0.15) is 0 Å². The van der Waals surface area contributed by atoms with Gasteiger partial charge in [-0.15, -0.1) is 0 Å². The standard InChI is InChI=1S/C16H24N4O2/c1-2-3-9-19-14-13(17-11-18-14)15(21)20(16(19)22)10-12-7-5-4-6-8-12/h11-12H,2-10H2,1H3,(H,17,18). The van der Waals surface area contributed by atoms with Crippen LogP contribution in [0.5, 0.6) is 0 Å². The molecule has 0 saturated heterocycles. The lowest BCUT2D eigenvalue weighted by Crippen LogP contribution is -2.42. The first-order valence-electron chi connectivity index (χ1n) is 8.39. The molecule has 0 amide bonds. The molecule has 1 aliphatic rings. The number of hydrogen-bond acceptors (Lipinski definition) is 3. The van der Waals surface area contributed by atoms with Crippen molar-refractivity contribution in [3.63, 3.8) is 0 Å². The van der Waals surface area contributed by atoms with Crippen LogP contribution in [0, 0.1) is 5.92 Å². The van der Waals surface area contributed by atoms with Gasteiger partial charge in [-0.3, -0.25) is 13.9 Å². The minimum absolute atomic E-state index is 0.205. The van der Waals surface area contributed by atoms with Gasteiger partial charge in [-0.05, 0) is 25.2 Å². The Hall–Kier alpha value is -1.85. The second-order valence-corrected chi connectivity index (χ2v) is 6.31. The highest BCUT2D eigenvalue weighted by molar-refractivity contribution is 5.68. The van der Waals surface area contributed by atoms with E-state index in [-0.39, 0.29) is 11.2 Å². The maximum atomic E-state index is 12.8. The van der Waals surface area contributed by atoms with Crippen LogP contribution < -0.4 is 11.2 Å². The zero-order chi connectivity index (χ0) is 15.5. The molecule has 1 saturated carbocycles. The topological polar surface area (TPSA) is 72.7 Å². The number of fused-ring (bicyclic) bond motifs is 1. The van der Waals surface area contributed by atoms with Crippen molar-refractivity contribution < 1.29 is 0 Å². The summed E-state index contributed by atoms with van der Waals surface area (Å²) in [6.45, 7) is 3.24. The van der Waals surface area contributed by atoms with Crippen LogP contribution in [0.25, 0.3) is 11.2 Å². The van der Waals surface area contributed by atoms with Crippen LogP contribution in [0.15, 0.2) is 15.9 Å². The fraction of sp³-hybridized carbons (Fsp3) is 0.688. The number of H-pyrrole nitrogens is 1. The maximum Gasteiger partial charge on any atom is 0.332 e. The van der Waals surface area contributed by atoms with E-state index in [0.717, 1.165) is 25.7 Å². The first-order valence-corrected chi connectivity index (χ1v) is 8.39. The quantitative estimate of drug-likeness (QED) is 0.921. The lowest BCUT2D eigenvalue weighted by atomic mass is 9.89. The minimum Gasteiger partial charge on any atom is -0.339 e. The van der Waals surface area contributed by atoms with E-state index in [4.69, 9.17) is 0 Å². The van der Waals surface area contributed by atoms with E-state index in [2.05, 4.69) is 16.9 Å². The highest BCUT2D eigenvalue weighted by atomic mass is 16.2. The van der Waals surface area contributed by atoms with Crippen LogP contribution >= 0.6 is 0 Å². The molecule has 0 unspecified atom stereocenters. The molecule has 1 N–H and O–H groups in total. The molecule has 120 valence electrons. The van der Waals surface area contributed by atoms with Crippen LogP contribution in [-0.4, -0.2) is 19.1 Å². The molecule has 22 heavy (non-hydrogen) atoms. The molecule has 6 nitrogen and oxygen atoms in total. The van der Waals surface area contributed by atoms with E-state index < -0.39 is 0 Å². The third kappa shape index (κ3) is 2.74. The number of nitrogens with one attached hydrogen (secondary N) is 1. The molecule has 0 spiro atoms. The van der Waals surface area contributed by atoms with Crippen molar-refractivity contribution in [2.75, 3.05) is 0 Å². The molecule has 3 rings (SSSR count). The van der Waals surface area contributed by atoms with Gasteiger partial charge in [0.2, 0.25) is 0 Å². The van der Waals surface area contributed by atoms with Crippen molar-refractivity contribution in [2.24, 2.45) is 5.92 Å². The molecule has 6 heteroatoms. The molecule has 0 aliphatic heterocycles. The Balaban J connectivity index is 2.04. The Kier molecular flexibility index (Phi) is 4.45. The van der Waals surface area contributed by atoms with Gasteiger partial charge in [0.15, 0.2) is 5.65 Å². The van der Waals surface area contributed by atoms with Crippen molar-refractivity contribution in [3.8, 4) is 0 Å². The Morgan fingerprint density at radius 3 is 2.73 bits per heavy atom. The summed E-state index contributed by atoms with van der Waals surface area (Å²) in [5, 5.41) is 0. The Morgan fingerprint density at radius 1 is 1.23 bits per heavy atom. The fourth-order valence-corrected chi connectivity index (χ4v) is 3.41. The summed E-state index contributed by atoms with van der Waals surface area (Å²) in [7, 11) is 0. The van der Waals surface area contributed by atoms with Gasteiger partial charge < -0.3 is 4.98 Å². The van der Waals surface area contributed by atoms with Gasteiger partial charge in [-0.25, -0.2) is 9.78 Å². The largest absolute Gasteiger partial charge is 0.339 e. The molecule has 0 radical (unpaired) electrons. The fourth-order valence-electron chi connectivity index (χ4n) is 3.41. The van der Waals surface area contributed by atoms with Crippen LogP contribution in [0.2, 0.25) is 0 Å². The van der Waals surface area contributed by atoms with E-state index in [1.54, 1.807) is 4.57 Å². The first-order chi connectivity index (χ1) is 10.7. The zero-order valence-corrected chi connectivity index (χ0v) is 13.2. The predicted molar refractivity (Wildman–Crippen MR) is 86.1 cm³/mol. The predicted octanol–water partition coefficient (Wildman–Crippen LogP) is 2.27. The van der Waals surface area contributed by atoms with Gasteiger partial charge in [0.05, 0.1) is 6.33 Å².